The van der Waals surface area contributed by atoms with E-state index in [1.54, 1.807) is 0 Å². The molecule has 0 fully saturated rings. The largest absolute Gasteiger partial charge is 0.325 e. The quantitative estimate of drug-likeness (QED) is 0.941. The SMILES string of the molecule is Cc1ccc(NC(=O)C(C)N2CCc3sccc3C2)cc1. The van der Waals surface area contributed by atoms with Crippen LogP contribution in [0.2, 0.25) is 0 Å². The lowest BCUT2D eigenvalue weighted by atomic mass is 10.1. The summed E-state index contributed by atoms with van der Waals surface area (Å²) in [4.78, 5) is 16.1. The van der Waals surface area contributed by atoms with Gasteiger partial charge >= 0.3 is 0 Å². The zero-order valence-electron chi connectivity index (χ0n) is 12.4. The van der Waals surface area contributed by atoms with Crippen LogP contribution < -0.4 is 5.32 Å². The molecule has 4 heteroatoms. The number of hydrogen-bond acceptors (Lipinski definition) is 3. The monoisotopic (exact) mass is 300 g/mol. The van der Waals surface area contributed by atoms with Gasteiger partial charge in [0.05, 0.1) is 6.04 Å². The van der Waals surface area contributed by atoms with Crippen molar-refractivity contribution < 1.29 is 4.79 Å². The number of aryl methyl sites for hydroxylation is 1. The average molecular weight is 300 g/mol. The summed E-state index contributed by atoms with van der Waals surface area (Å²) in [7, 11) is 0. The first-order chi connectivity index (χ1) is 10.1. The van der Waals surface area contributed by atoms with Crippen LogP contribution in [0.25, 0.3) is 0 Å². The Morgan fingerprint density at radius 2 is 2.05 bits per heavy atom. The van der Waals surface area contributed by atoms with Gasteiger partial charge in [0.25, 0.3) is 0 Å². The molecule has 1 unspecified atom stereocenters. The lowest BCUT2D eigenvalue weighted by molar-refractivity contribution is -0.121. The Morgan fingerprint density at radius 1 is 1.29 bits per heavy atom. The fourth-order valence-corrected chi connectivity index (χ4v) is 3.54. The minimum absolute atomic E-state index is 0.0672. The van der Waals surface area contributed by atoms with E-state index < -0.39 is 0 Å². The smallest absolute Gasteiger partial charge is 0.241 e. The van der Waals surface area contributed by atoms with E-state index in [-0.39, 0.29) is 11.9 Å². The molecule has 0 bridgehead atoms. The molecule has 3 rings (SSSR count). The second kappa shape index (κ2) is 6.00. The molecule has 1 amide bonds. The molecular weight excluding hydrogens is 280 g/mol. The van der Waals surface area contributed by atoms with E-state index in [0.29, 0.717) is 0 Å². The van der Waals surface area contributed by atoms with Crippen LogP contribution >= 0.6 is 11.3 Å². The lowest BCUT2D eigenvalue weighted by Gasteiger charge is -2.31. The third kappa shape index (κ3) is 3.17. The highest BCUT2D eigenvalue weighted by molar-refractivity contribution is 7.10. The molecule has 3 nitrogen and oxygen atoms in total. The van der Waals surface area contributed by atoms with Crippen LogP contribution in [-0.4, -0.2) is 23.4 Å². The van der Waals surface area contributed by atoms with E-state index in [1.807, 2.05) is 49.4 Å². The van der Waals surface area contributed by atoms with Crippen LogP contribution in [0.5, 0.6) is 0 Å². The molecule has 0 saturated carbocycles. The van der Waals surface area contributed by atoms with Gasteiger partial charge in [-0.15, -0.1) is 11.3 Å². The number of hydrogen-bond donors (Lipinski definition) is 1. The Morgan fingerprint density at radius 3 is 2.81 bits per heavy atom. The highest BCUT2D eigenvalue weighted by Crippen LogP contribution is 2.25. The van der Waals surface area contributed by atoms with Gasteiger partial charge in [-0.3, -0.25) is 9.69 Å². The number of anilines is 1. The molecule has 21 heavy (non-hydrogen) atoms. The van der Waals surface area contributed by atoms with Crippen LogP contribution in [0, 0.1) is 6.92 Å². The number of nitrogens with one attached hydrogen (secondary N) is 1. The fourth-order valence-electron chi connectivity index (χ4n) is 2.65. The van der Waals surface area contributed by atoms with Crippen molar-refractivity contribution in [2.45, 2.75) is 32.9 Å². The van der Waals surface area contributed by atoms with Crippen molar-refractivity contribution in [2.24, 2.45) is 0 Å². The summed E-state index contributed by atoms with van der Waals surface area (Å²) in [5, 5.41) is 5.15. The number of carbonyl (C=O) groups is 1. The summed E-state index contributed by atoms with van der Waals surface area (Å²) in [6.45, 7) is 5.86. The average Bonchev–Trinajstić information content (AvgIpc) is 2.96. The van der Waals surface area contributed by atoms with Gasteiger partial charge in [-0.2, -0.15) is 0 Å². The third-order valence-electron chi connectivity index (χ3n) is 4.08. The van der Waals surface area contributed by atoms with Gasteiger partial charge in [-0.1, -0.05) is 17.7 Å². The standard InChI is InChI=1S/C17H20N2OS/c1-12-3-5-15(6-4-12)18-17(20)13(2)19-9-7-16-14(11-19)8-10-21-16/h3-6,8,10,13H,7,9,11H2,1-2H3,(H,18,20). The van der Waals surface area contributed by atoms with Crippen LogP contribution in [0.4, 0.5) is 5.69 Å². The van der Waals surface area contributed by atoms with Crippen molar-refractivity contribution in [3.05, 3.63) is 51.7 Å². The van der Waals surface area contributed by atoms with Crippen LogP contribution in [0.15, 0.2) is 35.7 Å². The van der Waals surface area contributed by atoms with Gasteiger partial charge in [0.2, 0.25) is 5.91 Å². The molecule has 0 aliphatic carbocycles. The summed E-state index contributed by atoms with van der Waals surface area (Å²) in [5.41, 5.74) is 3.44. The predicted molar refractivity (Wildman–Crippen MR) is 87.7 cm³/mol. The van der Waals surface area contributed by atoms with E-state index in [9.17, 15) is 4.79 Å². The van der Waals surface area contributed by atoms with Crippen LogP contribution in [0.1, 0.15) is 22.9 Å². The van der Waals surface area contributed by atoms with Gasteiger partial charge in [0, 0.05) is 23.7 Å². The van der Waals surface area contributed by atoms with Crippen molar-refractivity contribution in [3.8, 4) is 0 Å². The molecule has 0 spiro atoms. The number of fused-ring (bicyclic) bond motifs is 1. The third-order valence-corrected chi connectivity index (χ3v) is 5.11. The molecule has 1 aliphatic rings. The number of rotatable bonds is 3. The van der Waals surface area contributed by atoms with Gasteiger partial charge in [-0.05, 0) is 49.4 Å². The van der Waals surface area contributed by atoms with Crippen LogP contribution in [0.3, 0.4) is 0 Å². The molecule has 2 heterocycles. The molecule has 110 valence electrons. The van der Waals surface area contributed by atoms with Gasteiger partial charge in [-0.25, -0.2) is 0 Å². The number of benzene rings is 1. The van der Waals surface area contributed by atoms with Crippen molar-refractivity contribution >= 4 is 22.9 Å². The summed E-state index contributed by atoms with van der Waals surface area (Å²) in [5.74, 6) is 0.0672. The topological polar surface area (TPSA) is 32.3 Å². The predicted octanol–water partition coefficient (Wildman–Crippen LogP) is 3.44. The molecule has 1 aliphatic heterocycles. The Balaban J connectivity index is 1.64. The Hall–Kier alpha value is -1.65. The first kappa shape index (κ1) is 14.3. The highest BCUT2D eigenvalue weighted by atomic mass is 32.1. The van der Waals surface area contributed by atoms with Crippen molar-refractivity contribution in [1.82, 2.24) is 4.90 Å². The lowest BCUT2D eigenvalue weighted by Crippen LogP contribution is -2.44. The van der Waals surface area contributed by atoms with Gasteiger partial charge < -0.3 is 5.32 Å². The number of nitrogens with zero attached hydrogens (tertiary/aromatic N) is 1. The Labute approximate surface area is 129 Å². The number of amides is 1. The van der Waals surface area contributed by atoms with E-state index in [1.165, 1.54) is 16.0 Å². The van der Waals surface area contributed by atoms with E-state index in [0.717, 1.165) is 25.2 Å². The maximum Gasteiger partial charge on any atom is 0.241 e. The summed E-state index contributed by atoms with van der Waals surface area (Å²) in [6, 6.07) is 9.99. The van der Waals surface area contributed by atoms with Gasteiger partial charge in [0.15, 0.2) is 0 Å². The molecule has 0 radical (unpaired) electrons. The zero-order chi connectivity index (χ0) is 14.8. The zero-order valence-corrected chi connectivity index (χ0v) is 13.2. The van der Waals surface area contributed by atoms with Crippen LogP contribution in [-0.2, 0) is 17.8 Å². The molecule has 1 atom stereocenters. The summed E-state index contributed by atoms with van der Waals surface area (Å²) < 4.78 is 0. The van der Waals surface area contributed by atoms with Gasteiger partial charge in [0.1, 0.15) is 0 Å². The molecule has 1 aromatic carbocycles. The molecular formula is C17H20N2OS. The second-order valence-corrected chi connectivity index (χ2v) is 6.62. The van der Waals surface area contributed by atoms with E-state index >= 15 is 0 Å². The number of thiophene rings is 1. The summed E-state index contributed by atoms with van der Waals surface area (Å²) in [6.07, 6.45) is 1.05. The Kier molecular flexibility index (Phi) is 4.08. The maximum atomic E-state index is 12.4. The molecule has 0 saturated heterocycles. The minimum Gasteiger partial charge on any atom is -0.325 e. The van der Waals surface area contributed by atoms with Crippen molar-refractivity contribution in [3.63, 3.8) is 0 Å². The van der Waals surface area contributed by atoms with Crippen molar-refractivity contribution in [2.75, 3.05) is 11.9 Å². The molecule has 1 aromatic heterocycles. The number of carbonyl (C=O) groups excluding carboxylic acids is 1. The molecule has 2 aromatic rings. The first-order valence-corrected chi connectivity index (χ1v) is 8.18. The first-order valence-electron chi connectivity index (χ1n) is 7.30. The van der Waals surface area contributed by atoms with E-state index in [2.05, 4.69) is 21.7 Å². The van der Waals surface area contributed by atoms with Crippen molar-refractivity contribution in [1.29, 1.82) is 0 Å². The highest BCUT2D eigenvalue weighted by Gasteiger charge is 2.25. The normalized spacial score (nSPS) is 16.3. The molecule has 1 N–H and O–H groups in total. The second-order valence-electron chi connectivity index (χ2n) is 5.62. The summed E-state index contributed by atoms with van der Waals surface area (Å²) >= 11 is 1.82. The maximum absolute atomic E-state index is 12.4. The minimum atomic E-state index is -0.112. The van der Waals surface area contributed by atoms with E-state index in [4.69, 9.17) is 0 Å². The fraction of sp³-hybridized carbons (Fsp3) is 0.353. The Bertz CT molecular complexity index is 632.